The Hall–Kier alpha value is -3.62. The summed E-state index contributed by atoms with van der Waals surface area (Å²) in [5.41, 5.74) is 2.63. The second kappa shape index (κ2) is 8.86. The summed E-state index contributed by atoms with van der Waals surface area (Å²) in [6.45, 7) is 8.33. The SMILES string of the molecule is Cc1oc2cc3oc(=O)c(CCC(=O)N[C@@H](C)C(=O)N[C@@H](C)C(=O)[O-])c(C)c3cc2c1C. The van der Waals surface area contributed by atoms with E-state index in [1.165, 1.54) is 13.8 Å². The van der Waals surface area contributed by atoms with Crippen molar-refractivity contribution in [2.75, 3.05) is 0 Å². The van der Waals surface area contributed by atoms with Crippen LogP contribution in [-0.4, -0.2) is 29.9 Å². The van der Waals surface area contributed by atoms with Crippen LogP contribution < -0.4 is 21.4 Å². The van der Waals surface area contributed by atoms with Gasteiger partial charge >= 0.3 is 5.63 Å². The van der Waals surface area contributed by atoms with Crippen LogP contribution in [0.3, 0.4) is 0 Å². The van der Waals surface area contributed by atoms with Crippen LogP contribution in [0.1, 0.15) is 42.7 Å². The summed E-state index contributed by atoms with van der Waals surface area (Å²) in [5, 5.41) is 17.2. The average molecular weight is 441 g/mol. The monoisotopic (exact) mass is 441 g/mol. The van der Waals surface area contributed by atoms with Crippen molar-refractivity contribution in [1.82, 2.24) is 10.6 Å². The van der Waals surface area contributed by atoms with Crippen molar-refractivity contribution in [2.45, 2.75) is 59.5 Å². The number of benzene rings is 1. The molecule has 0 saturated heterocycles. The van der Waals surface area contributed by atoms with Gasteiger partial charge in [0.15, 0.2) is 0 Å². The van der Waals surface area contributed by atoms with Crippen LogP contribution in [0.25, 0.3) is 21.9 Å². The van der Waals surface area contributed by atoms with Gasteiger partial charge in [-0.2, -0.15) is 0 Å². The lowest BCUT2D eigenvalue weighted by molar-refractivity contribution is -0.307. The molecule has 0 aliphatic heterocycles. The summed E-state index contributed by atoms with van der Waals surface area (Å²) < 4.78 is 11.2. The van der Waals surface area contributed by atoms with Crippen LogP contribution in [0, 0.1) is 20.8 Å². The molecule has 9 nitrogen and oxygen atoms in total. The van der Waals surface area contributed by atoms with Crippen LogP contribution in [-0.2, 0) is 20.8 Å². The Morgan fingerprint density at radius 3 is 2.22 bits per heavy atom. The Labute approximate surface area is 183 Å². The molecule has 32 heavy (non-hydrogen) atoms. The molecule has 9 heteroatoms. The predicted octanol–water partition coefficient (Wildman–Crippen LogP) is 1.16. The second-order valence-corrected chi connectivity index (χ2v) is 7.96. The van der Waals surface area contributed by atoms with Crippen LogP contribution in [0.15, 0.2) is 25.8 Å². The third kappa shape index (κ3) is 4.51. The minimum Gasteiger partial charge on any atom is -0.548 e. The van der Waals surface area contributed by atoms with E-state index in [1.54, 1.807) is 13.0 Å². The van der Waals surface area contributed by atoms with Gasteiger partial charge in [0.1, 0.15) is 23.0 Å². The van der Waals surface area contributed by atoms with E-state index in [-0.39, 0.29) is 12.8 Å². The van der Waals surface area contributed by atoms with E-state index in [9.17, 15) is 24.3 Å². The lowest BCUT2D eigenvalue weighted by Crippen LogP contribution is -2.52. The molecule has 0 aliphatic rings. The van der Waals surface area contributed by atoms with Gasteiger partial charge in [-0.1, -0.05) is 0 Å². The highest BCUT2D eigenvalue weighted by Gasteiger charge is 2.20. The van der Waals surface area contributed by atoms with Crippen molar-refractivity contribution >= 4 is 39.7 Å². The Bertz CT molecular complexity index is 1290. The number of aliphatic carboxylic acids is 1. The summed E-state index contributed by atoms with van der Waals surface area (Å²) in [4.78, 5) is 47.5. The Kier molecular flexibility index (Phi) is 6.38. The molecular formula is C23H25N2O7-. The first-order chi connectivity index (χ1) is 15.0. The molecule has 0 spiro atoms. The van der Waals surface area contributed by atoms with Gasteiger partial charge in [0, 0.05) is 28.8 Å². The molecule has 0 radical (unpaired) electrons. The zero-order valence-electron chi connectivity index (χ0n) is 18.6. The van der Waals surface area contributed by atoms with E-state index in [0.717, 1.165) is 27.7 Å². The molecule has 1 aromatic carbocycles. The van der Waals surface area contributed by atoms with E-state index in [2.05, 4.69) is 10.6 Å². The zero-order valence-corrected chi connectivity index (χ0v) is 18.6. The van der Waals surface area contributed by atoms with Crippen LogP contribution >= 0.6 is 0 Å². The highest BCUT2D eigenvalue weighted by Crippen LogP contribution is 2.31. The number of carboxylic acid groups (broad SMARTS) is 1. The van der Waals surface area contributed by atoms with Crippen molar-refractivity contribution < 1.29 is 28.3 Å². The third-order valence-electron chi connectivity index (χ3n) is 5.67. The Morgan fingerprint density at radius 1 is 0.938 bits per heavy atom. The number of carbonyl (C=O) groups is 3. The predicted molar refractivity (Wildman–Crippen MR) is 115 cm³/mol. The topological polar surface area (TPSA) is 142 Å². The maximum absolute atomic E-state index is 12.5. The summed E-state index contributed by atoms with van der Waals surface area (Å²) in [7, 11) is 0. The molecule has 170 valence electrons. The van der Waals surface area contributed by atoms with Crippen LogP contribution in [0.5, 0.6) is 0 Å². The first kappa shape index (κ1) is 23.1. The van der Waals surface area contributed by atoms with Crippen LogP contribution in [0.2, 0.25) is 0 Å². The molecule has 2 aromatic heterocycles. The first-order valence-electron chi connectivity index (χ1n) is 10.3. The van der Waals surface area contributed by atoms with Gasteiger partial charge < -0.3 is 29.4 Å². The first-order valence-corrected chi connectivity index (χ1v) is 10.3. The third-order valence-corrected chi connectivity index (χ3v) is 5.67. The van der Waals surface area contributed by atoms with Crippen molar-refractivity contribution in [3.05, 3.63) is 45.0 Å². The number of rotatable bonds is 7. The molecule has 0 saturated carbocycles. The van der Waals surface area contributed by atoms with Gasteiger partial charge in [0.25, 0.3) is 0 Å². The van der Waals surface area contributed by atoms with Crippen molar-refractivity contribution in [3.8, 4) is 0 Å². The highest BCUT2D eigenvalue weighted by atomic mass is 16.4. The fourth-order valence-corrected chi connectivity index (χ4v) is 3.53. The van der Waals surface area contributed by atoms with Crippen molar-refractivity contribution in [2.24, 2.45) is 0 Å². The molecule has 2 heterocycles. The number of carboxylic acids is 1. The quantitative estimate of drug-likeness (QED) is 0.524. The second-order valence-electron chi connectivity index (χ2n) is 7.96. The number of aryl methyl sites for hydroxylation is 3. The standard InChI is InChI=1S/C23H26N2O7/c1-10-14(5)31-18-9-19-17(8-16(10)18)11(2)15(23(30)32-19)6-7-20(26)24-12(3)21(27)25-13(4)22(28)29/h8-9,12-13H,6-7H2,1-5H3,(H,24,26)(H,25,27)(H,28,29)/p-1/t12-,13-/m0/s1. The lowest BCUT2D eigenvalue weighted by Gasteiger charge is -2.19. The van der Waals surface area contributed by atoms with Crippen molar-refractivity contribution in [1.29, 1.82) is 0 Å². The van der Waals surface area contributed by atoms with Gasteiger partial charge in [-0.3, -0.25) is 9.59 Å². The van der Waals surface area contributed by atoms with E-state index in [0.29, 0.717) is 16.7 Å². The molecule has 2 N–H and O–H groups in total. The van der Waals surface area contributed by atoms with E-state index in [4.69, 9.17) is 8.83 Å². The van der Waals surface area contributed by atoms with E-state index < -0.39 is 35.5 Å². The summed E-state index contributed by atoms with van der Waals surface area (Å²) in [6, 6.07) is 1.49. The largest absolute Gasteiger partial charge is 0.548 e. The Balaban J connectivity index is 1.75. The average Bonchev–Trinajstić information content (AvgIpc) is 2.99. The maximum Gasteiger partial charge on any atom is 0.339 e. The van der Waals surface area contributed by atoms with E-state index >= 15 is 0 Å². The fraction of sp³-hybridized carbons (Fsp3) is 0.391. The number of fused-ring (bicyclic) bond motifs is 2. The minimum absolute atomic E-state index is 0.0448. The normalized spacial score (nSPS) is 13.2. The fourth-order valence-electron chi connectivity index (χ4n) is 3.53. The summed E-state index contributed by atoms with van der Waals surface area (Å²) in [6.07, 6.45) is 0.0814. The molecule has 0 fully saturated rings. The molecule has 0 aliphatic carbocycles. The molecule has 2 atom stereocenters. The smallest absolute Gasteiger partial charge is 0.339 e. The molecule has 3 rings (SSSR count). The number of amides is 2. The molecule has 0 bridgehead atoms. The van der Waals surface area contributed by atoms with Crippen molar-refractivity contribution in [3.63, 3.8) is 0 Å². The number of carbonyl (C=O) groups excluding carboxylic acids is 3. The summed E-state index contributed by atoms with van der Waals surface area (Å²) >= 11 is 0. The number of nitrogens with one attached hydrogen (secondary N) is 2. The minimum atomic E-state index is -1.42. The molecule has 2 amide bonds. The summed E-state index contributed by atoms with van der Waals surface area (Å²) in [5.74, 6) is -1.73. The van der Waals surface area contributed by atoms with Gasteiger partial charge in [-0.25, -0.2) is 4.79 Å². The van der Waals surface area contributed by atoms with Gasteiger partial charge in [-0.15, -0.1) is 0 Å². The maximum atomic E-state index is 12.5. The number of hydrogen-bond acceptors (Lipinski definition) is 7. The van der Waals surface area contributed by atoms with Gasteiger partial charge in [0.05, 0.1) is 12.0 Å². The molecular weight excluding hydrogens is 416 g/mol. The Morgan fingerprint density at radius 2 is 1.56 bits per heavy atom. The number of furan rings is 1. The number of hydrogen-bond donors (Lipinski definition) is 2. The van der Waals surface area contributed by atoms with Gasteiger partial charge in [0.2, 0.25) is 11.8 Å². The zero-order chi connectivity index (χ0) is 23.7. The van der Waals surface area contributed by atoms with Gasteiger partial charge in [-0.05, 0) is 58.2 Å². The van der Waals surface area contributed by atoms with E-state index in [1.807, 2.05) is 19.9 Å². The molecule has 0 unspecified atom stereocenters. The van der Waals surface area contributed by atoms with Crippen LogP contribution in [0.4, 0.5) is 0 Å². The molecule has 3 aromatic rings. The lowest BCUT2D eigenvalue weighted by atomic mass is 10.0. The highest BCUT2D eigenvalue weighted by molar-refractivity contribution is 5.97.